The quantitative estimate of drug-likeness (QED) is 0.794. The number of benzene rings is 2. The van der Waals surface area contributed by atoms with Gasteiger partial charge in [-0.1, -0.05) is 24.3 Å². The van der Waals surface area contributed by atoms with E-state index in [4.69, 9.17) is 4.74 Å². The number of aryl methyl sites for hydroxylation is 1. The third-order valence-corrected chi connectivity index (χ3v) is 4.86. The van der Waals surface area contributed by atoms with E-state index in [-0.39, 0.29) is 17.9 Å². The molecule has 0 N–H and O–H groups in total. The van der Waals surface area contributed by atoms with Crippen molar-refractivity contribution in [2.45, 2.75) is 26.4 Å². The fraction of sp³-hybridized carbons (Fsp3) is 0.333. The molecule has 3 rings (SSSR count). The Morgan fingerprint density at radius 1 is 1.15 bits per heavy atom. The van der Waals surface area contributed by atoms with Gasteiger partial charge in [0.25, 0.3) is 0 Å². The Morgan fingerprint density at radius 3 is 2.54 bits per heavy atom. The molecule has 0 radical (unpaired) electrons. The van der Waals surface area contributed by atoms with E-state index in [1.807, 2.05) is 55.1 Å². The monoisotopic (exact) mass is 352 g/mol. The lowest BCUT2D eigenvalue weighted by atomic mass is 10.1. The molecular formula is C21H24N2O3. The maximum Gasteiger partial charge on any atom is 0.337 e. The van der Waals surface area contributed by atoms with Gasteiger partial charge in [-0.2, -0.15) is 0 Å². The van der Waals surface area contributed by atoms with Crippen molar-refractivity contribution in [1.82, 2.24) is 4.90 Å². The van der Waals surface area contributed by atoms with Crippen molar-refractivity contribution in [2.24, 2.45) is 0 Å². The van der Waals surface area contributed by atoms with Crippen LogP contribution in [0.5, 0.6) is 0 Å². The molecule has 1 heterocycles. The summed E-state index contributed by atoms with van der Waals surface area (Å²) in [4.78, 5) is 28.4. The van der Waals surface area contributed by atoms with Crippen molar-refractivity contribution >= 4 is 17.6 Å². The molecule has 2 aromatic rings. The van der Waals surface area contributed by atoms with Crippen LogP contribution < -0.4 is 4.90 Å². The molecule has 1 atom stereocenters. The summed E-state index contributed by atoms with van der Waals surface area (Å²) in [7, 11) is 1.37. The van der Waals surface area contributed by atoms with Gasteiger partial charge in [0.1, 0.15) is 0 Å². The average Bonchev–Trinajstić information content (AvgIpc) is 2.65. The summed E-state index contributed by atoms with van der Waals surface area (Å²) >= 11 is 0. The molecule has 0 aromatic heterocycles. The highest BCUT2D eigenvalue weighted by molar-refractivity contribution is 5.97. The van der Waals surface area contributed by atoms with Gasteiger partial charge in [0.15, 0.2) is 0 Å². The predicted molar refractivity (Wildman–Crippen MR) is 101 cm³/mol. The van der Waals surface area contributed by atoms with Gasteiger partial charge < -0.3 is 9.64 Å². The number of piperazine rings is 1. The molecule has 136 valence electrons. The van der Waals surface area contributed by atoms with E-state index >= 15 is 0 Å². The highest BCUT2D eigenvalue weighted by Crippen LogP contribution is 2.22. The smallest absolute Gasteiger partial charge is 0.337 e. The number of anilines is 1. The normalized spacial score (nSPS) is 18.0. The van der Waals surface area contributed by atoms with Crippen molar-refractivity contribution in [3.05, 3.63) is 65.2 Å². The zero-order valence-corrected chi connectivity index (χ0v) is 15.4. The van der Waals surface area contributed by atoms with Crippen LogP contribution in [0.4, 0.5) is 5.69 Å². The van der Waals surface area contributed by atoms with Gasteiger partial charge in [0, 0.05) is 25.3 Å². The van der Waals surface area contributed by atoms with Crippen molar-refractivity contribution in [3.8, 4) is 0 Å². The lowest BCUT2D eigenvalue weighted by Gasteiger charge is -2.39. The van der Waals surface area contributed by atoms with Crippen LogP contribution in [0.3, 0.4) is 0 Å². The van der Waals surface area contributed by atoms with E-state index in [1.165, 1.54) is 7.11 Å². The first-order valence-electron chi connectivity index (χ1n) is 8.79. The third kappa shape index (κ3) is 3.78. The Morgan fingerprint density at radius 2 is 1.88 bits per heavy atom. The van der Waals surface area contributed by atoms with Gasteiger partial charge in [0.05, 0.1) is 18.7 Å². The standard InChI is InChI=1S/C21H24N2O3/c1-15-5-4-6-19(13-15)23-12-11-22(16(2)20(23)24)14-17-7-9-18(10-8-17)21(25)26-3/h4-10,13,16H,11-12,14H2,1-3H3. The molecule has 0 bridgehead atoms. The molecule has 2 aromatic carbocycles. The second-order valence-electron chi connectivity index (χ2n) is 6.66. The molecule has 1 fully saturated rings. The van der Waals surface area contributed by atoms with Crippen LogP contribution in [0.1, 0.15) is 28.4 Å². The van der Waals surface area contributed by atoms with E-state index < -0.39 is 0 Å². The van der Waals surface area contributed by atoms with Crippen LogP contribution in [0.25, 0.3) is 0 Å². The van der Waals surface area contributed by atoms with Gasteiger partial charge in [-0.3, -0.25) is 9.69 Å². The van der Waals surface area contributed by atoms with E-state index in [1.54, 1.807) is 12.1 Å². The number of carbonyl (C=O) groups excluding carboxylic acids is 2. The molecule has 1 aliphatic rings. The first kappa shape index (κ1) is 18.1. The van der Waals surface area contributed by atoms with Gasteiger partial charge in [-0.15, -0.1) is 0 Å². The van der Waals surface area contributed by atoms with E-state index in [0.29, 0.717) is 18.7 Å². The van der Waals surface area contributed by atoms with Crippen LogP contribution in [0, 0.1) is 6.92 Å². The predicted octanol–water partition coefficient (Wildman–Crippen LogP) is 3.02. The summed E-state index contributed by atoms with van der Waals surface area (Å²) in [6, 6.07) is 15.2. The Bertz CT molecular complexity index is 801. The van der Waals surface area contributed by atoms with Gasteiger partial charge in [-0.25, -0.2) is 4.79 Å². The molecule has 0 saturated carbocycles. The zero-order chi connectivity index (χ0) is 18.7. The Hall–Kier alpha value is -2.66. The first-order valence-corrected chi connectivity index (χ1v) is 8.79. The lowest BCUT2D eigenvalue weighted by molar-refractivity contribution is -0.125. The number of methoxy groups -OCH3 is 1. The second-order valence-corrected chi connectivity index (χ2v) is 6.66. The lowest BCUT2D eigenvalue weighted by Crippen LogP contribution is -2.55. The summed E-state index contributed by atoms with van der Waals surface area (Å²) in [6.07, 6.45) is 0. The van der Waals surface area contributed by atoms with Crippen molar-refractivity contribution < 1.29 is 14.3 Å². The van der Waals surface area contributed by atoms with E-state index in [9.17, 15) is 9.59 Å². The third-order valence-electron chi connectivity index (χ3n) is 4.86. The minimum atomic E-state index is -0.341. The number of esters is 1. The summed E-state index contributed by atoms with van der Waals surface area (Å²) in [6.45, 7) is 6.14. The number of hydrogen-bond acceptors (Lipinski definition) is 4. The average molecular weight is 352 g/mol. The Balaban J connectivity index is 1.68. The summed E-state index contributed by atoms with van der Waals surface area (Å²) in [5.74, 6) is -0.222. The second kappa shape index (κ2) is 7.70. The van der Waals surface area contributed by atoms with Gasteiger partial charge >= 0.3 is 5.97 Å². The summed E-state index contributed by atoms with van der Waals surface area (Å²) < 4.78 is 4.72. The topological polar surface area (TPSA) is 49.9 Å². The molecule has 5 heteroatoms. The van der Waals surface area contributed by atoms with Crippen LogP contribution in [-0.2, 0) is 16.1 Å². The molecule has 1 saturated heterocycles. The molecule has 0 spiro atoms. The SMILES string of the molecule is COC(=O)c1ccc(CN2CCN(c3cccc(C)c3)C(=O)C2C)cc1. The van der Waals surface area contributed by atoms with Gasteiger partial charge in [0.2, 0.25) is 5.91 Å². The number of carbonyl (C=O) groups is 2. The van der Waals surface area contributed by atoms with Crippen LogP contribution in [0.15, 0.2) is 48.5 Å². The van der Waals surface area contributed by atoms with Crippen LogP contribution in [-0.4, -0.2) is 43.0 Å². The molecule has 1 amide bonds. The number of rotatable bonds is 4. The fourth-order valence-corrected chi connectivity index (χ4v) is 3.28. The largest absolute Gasteiger partial charge is 0.465 e. The van der Waals surface area contributed by atoms with E-state index in [0.717, 1.165) is 23.4 Å². The van der Waals surface area contributed by atoms with E-state index in [2.05, 4.69) is 4.90 Å². The van der Waals surface area contributed by atoms with Crippen molar-refractivity contribution in [2.75, 3.05) is 25.1 Å². The first-order chi connectivity index (χ1) is 12.5. The molecule has 5 nitrogen and oxygen atoms in total. The number of hydrogen-bond donors (Lipinski definition) is 0. The number of amides is 1. The highest BCUT2D eigenvalue weighted by atomic mass is 16.5. The summed E-state index contributed by atoms with van der Waals surface area (Å²) in [5, 5.41) is 0. The van der Waals surface area contributed by atoms with Crippen LogP contribution in [0.2, 0.25) is 0 Å². The van der Waals surface area contributed by atoms with Gasteiger partial charge in [-0.05, 0) is 49.2 Å². The summed E-state index contributed by atoms with van der Waals surface area (Å²) in [5.41, 5.74) is 3.71. The highest BCUT2D eigenvalue weighted by Gasteiger charge is 2.32. The Kier molecular flexibility index (Phi) is 5.38. The minimum absolute atomic E-state index is 0.119. The van der Waals surface area contributed by atoms with Crippen molar-refractivity contribution in [1.29, 1.82) is 0 Å². The molecular weight excluding hydrogens is 328 g/mol. The molecule has 1 aliphatic heterocycles. The van der Waals surface area contributed by atoms with Crippen LogP contribution >= 0.6 is 0 Å². The maximum absolute atomic E-state index is 12.8. The number of nitrogens with zero attached hydrogens (tertiary/aromatic N) is 2. The minimum Gasteiger partial charge on any atom is -0.465 e. The molecule has 26 heavy (non-hydrogen) atoms. The maximum atomic E-state index is 12.8. The van der Waals surface area contributed by atoms with Crippen molar-refractivity contribution in [3.63, 3.8) is 0 Å². The zero-order valence-electron chi connectivity index (χ0n) is 15.4. The molecule has 0 aliphatic carbocycles. The Labute approximate surface area is 154 Å². The molecule has 1 unspecified atom stereocenters. The fourth-order valence-electron chi connectivity index (χ4n) is 3.28. The number of ether oxygens (including phenoxy) is 1.